The second kappa shape index (κ2) is 8.95. The van der Waals surface area contributed by atoms with Gasteiger partial charge in [-0.05, 0) is 30.3 Å². The highest BCUT2D eigenvalue weighted by Crippen LogP contribution is 2.13. The summed E-state index contributed by atoms with van der Waals surface area (Å²) in [4.78, 5) is 23.7. The van der Waals surface area contributed by atoms with Crippen molar-refractivity contribution in [1.82, 2.24) is 15.3 Å². The fraction of sp³-hybridized carbons (Fsp3) is 0.105. The Bertz CT molecular complexity index is 943. The number of nitrogens with zero attached hydrogens (tertiary/aromatic N) is 2. The first kappa shape index (κ1) is 18.6. The molecular weight excluding hydrogens is 369 g/mol. The van der Waals surface area contributed by atoms with E-state index in [-0.39, 0.29) is 11.6 Å². The number of carbonyl (C=O) groups is 1. The number of halogens is 2. The number of aromatic amines is 1. The summed E-state index contributed by atoms with van der Waals surface area (Å²) < 4.78 is 13.9. The minimum absolute atomic E-state index is 0.143. The number of anilines is 1. The molecule has 0 spiro atoms. The van der Waals surface area contributed by atoms with Crippen molar-refractivity contribution in [2.24, 2.45) is 4.99 Å². The second-order valence-corrected chi connectivity index (χ2v) is 6.06. The number of imidazole rings is 1. The van der Waals surface area contributed by atoms with E-state index >= 15 is 0 Å². The molecule has 3 N–H and O–H groups in total. The Balaban J connectivity index is 1.75. The lowest BCUT2D eigenvalue weighted by molar-refractivity contribution is 0.0977. The van der Waals surface area contributed by atoms with Crippen LogP contribution in [-0.2, 0) is 6.42 Å². The summed E-state index contributed by atoms with van der Waals surface area (Å²) in [6, 6.07) is 12.7. The van der Waals surface area contributed by atoms with Crippen molar-refractivity contribution in [3.63, 3.8) is 0 Å². The van der Waals surface area contributed by atoms with E-state index in [9.17, 15) is 9.18 Å². The molecule has 0 bridgehead atoms. The van der Waals surface area contributed by atoms with Gasteiger partial charge in [0.05, 0.1) is 12.0 Å². The Hall–Kier alpha value is -3.19. The molecule has 2 aromatic carbocycles. The number of H-pyrrole nitrogens is 1. The lowest BCUT2D eigenvalue weighted by atomic mass is 10.2. The maximum atomic E-state index is 13.9. The molecule has 0 aliphatic heterocycles. The second-order valence-electron chi connectivity index (χ2n) is 5.63. The fourth-order valence-corrected chi connectivity index (χ4v) is 2.51. The molecule has 6 nitrogen and oxygen atoms in total. The van der Waals surface area contributed by atoms with E-state index in [2.05, 4.69) is 25.6 Å². The summed E-state index contributed by atoms with van der Waals surface area (Å²) in [5.74, 6) is -0.706. The Morgan fingerprint density at radius 2 is 2.07 bits per heavy atom. The lowest BCUT2D eigenvalue weighted by Crippen LogP contribution is -2.36. The smallest absolute Gasteiger partial charge is 0.258 e. The van der Waals surface area contributed by atoms with Crippen molar-refractivity contribution in [3.8, 4) is 0 Å². The first-order chi connectivity index (χ1) is 13.1. The molecule has 27 heavy (non-hydrogen) atoms. The molecule has 1 aromatic heterocycles. The third-order valence-electron chi connectivity index (χ3n) is 3.65. The molecule has 8 heteroatoms. The van der Waals surface area contributed by atoms with Crippen molar-refractivity contribution in [2.75, 3.05) is 11.9 Å². The largest absolute Gasteiger partial charge is 0.348 e. The fourth-order valence-electron chi connectivity index (χ4n) is 2.32. The van der Waals surface area contributed by atoms with E-state index in [1.54, 1.807) is 55.0 Å². The van der Waals surface area contributed by atoms with Gasteiger partial charge in [0, 0.05) is 35.4 Å². The van der Waals surface area contributed by atoms with Gasteiger partial charge in [-0.25, -0.2) is 9.37 Å². The van der Waals surface area contributed by atoms with Gasteiger partial charge in [-0.15, -0.1) is 0 Å². The van der Waals surface area contributed by atoms with E-state index in [4.69, 9.17) is 11.6 Å². The number of carbonyl (C=O) groups excluding carboxylic acids is 1. The Labute approximate surface area is 160 Å². The standard InChI is InChI=1S/C19H17ClFN5O/c20-14-5-3-4-13(10-14)18(27)26-19(23-9-8-15-11-22-12-24-15)25-17-7-2-1-6-16(17)21/h1-7,10-12H,8-9H2,(H,22,24)(H2,23,25,26,27). The summed E-state index contributed by atoms with van der Waals surface area (Å²) in [6.45, 7) is 0.370. The van der Waals surface area contributed by atoms with E-state index in [1.165, 1.54) is 6.07 Å². The number of amides is 1. The van der Waals surface area contributed by atoms with E-state index in [0.29, 0.717) is 23.6 Å². The molecule has 0 saturated carbocycles. The summed E-state index contributed by atoms with van der Waals surface area (Å²) in [5.41, 5.74) is 1.49. The van der Waals surface area contributed by atoms with E-state index in [1.807, 2.05) is 0 Å². The van der Waals surface area contributed by atoms with Gasteiger partial charge < -0.3 is 10.3 Å². The predicted octanol–water partition coefficient (Wildman–Crippen LogP) is 3.64. The number of guanidine groups is 1. The van der Waals surface area contributed by atoms with Crippen molar-refractivity contribution in [3.05, 3.63) is 83.2 Å². The molecule has 0 atom stereocenters. The Kier molecular flexibility index (Phi) is 6.17. The first-order valence-corrected chi connectivity index (χ1v) is 8.60. The summed E-state index contributed by atoms with van der Waals surface area (Å²) in [6.07, 6.45) is 3.87. The summed E-state index contributed by atoms with van der Waals surface area (Å²) in [5, 5.41) is 5.94. The van der Waals surface area contributed by atoms with Crippen molar-refractivity contribution in [2.45, 2.75) is 6.42 Å². The molecule has 0 unspecified atom stereocenters. The van der Waals surface area contributed by atoms with Crippen LogP contribution >= 0.6 is 11.6 Å². The molecule has 0 radical (unpaired) electrons. The van der Waals surface area contributed by atoms with E-state index in [0.717, 1.165) is 5.69 Å². The van der Waals surface area contributed by atoms with Gasteiger partial charge >= 0.3 is 0 Å². The zero-order valence-electron chi connectivity index (χ0n) is 14.2. The topological polar surface area (TPSA) is 82.2 Å². The van der Waals surface area contributed by atoms with Gasteiger partial charge in [0.25, 0.3) is 5.91 Å². The molecule has 3 rings (SSSR count). The predicted molar refractivity (Wildman–Crippen MR) is 104 cm³/mol. The molecule has 0 saturated heterocycles. The molecule has 3 aromatic rings. The van der Waals surface area contributed by atoms with Crippen LogP contribution in [0.15, 0.2) is 66.0 Å². The molecule has 138 valence electrons. The number of aliphatic imine (C=N–C) groups is 1. The molecule has 0 aliphatic carbocycles. The average molecular weight is 386 g/mol. The number of para-hydroxylation sites is 1. The van der Waals surface area contributed by atoms with Gasteiger partial charge in [0.15, 0.2) is 0 Å². The molecular formula is C19H17ClFN5O. The van der Waals surface area contributed by atoms with Gasteiger partial charge in [0.2, 0.25) is 5.96 Å². The summed E-state index contributed by atoms with van der Waals surface area (Å²) >= 11 is 5.93. The van der Waals surface area contributed by atoms with Crippen LogP contribution in [0.25, 0.3) is 0 Å². The molecule has 0 aliphatic rings. The molecule has 1 amide bonds. The van der Waals surface area contributed by atoms with Crippen LogP contribution in [0.3, 0.4) is 0 Å². The highest BCUT2D eigenvalue weighted by molar-refractivity contribution is 6.31. The normalized spacial score (nSPS) is 11.3. The monoisotopic (exact) mass is 385 g/mol. The maximum absolute atomic E-state index is 13.9. The number of rotatable bonds is 5. The lowest BCUT2D eigenvalue weighted by Gasteiger charge is -2.12. The Morgan fingerprint density at radius 1 is 1.22 bits per heavy atom. The number of hydrogen-bond donors (Lipinski definition) is 3. The van der Waals surface area contributed by atoms with Gasteiger partial charge in [-0.1, -0.05) is 29.8 Å². The van der Waals surface area contributed by atoms with Crippen molar-refractivity contribution >= 4 is 29.2 Å². The Morgan fingerprint density at radius 3 is 2.81 bits per heavy atom. The third-order valence-corrected chi connectivity index (χ3v) is 3.89. The number of hydrogen-bond acceptors (Lipinski definition) is 3. The summed E-state index contributed by atoms with van der Waals surface area (Å²) in [7, 11) is 0. The van der Waals surface area contributed by atoms with Crippen LogP contribution in [0.1, 0.15) is 16.1 Å². The number of aromatic nitrogens is 2. The molecule has 1 heterocycles. The number of benzene rings is 2. The van der Waals surface area contributed by atoms with Crippen LogP contribution in [0, 0.1) is 5.82 Å². The maximum Gasteiger partial charge on any atom is 0.258 e. The van der Waals surface area contributed by atoms with Crippen LogP contribution < -0.4 is 10.6 Å². The highest BCUT2D eigenvalue weighted by atomic mass is 35.5. The molecule has 0 fully saturated rings. The SMILES string of the molecule is O=C(NC(=NCCc1cnc[nH]1)Nc1ccccc1F)c1cccc(Cl)c1. The van der Waals surface area contributed by atoms with Crippen LogP contribution in [0.4, 0.5) is 10.1 Å². The van der Waals surface area contributed by atoms with Crippen LogP contribution in [0.5, 0.6) is 0 Å². The van der Waals surface area contributed by atoms with E-state index < -0.39 is 11.7 Å². The third kappa shape index (κ3) is 5.39. The van der Waals surface area contributed by atoms with Crippen molar-refractivity contribution < 1.29 is 9.18 Å². The van der Waals surface area contributed by atoms with Crippen LogP contribution in [0.2, 0.25) is 5.02 Å². The van der Waals surface area contributed by atoms with Gasteiger partial charge in [-0.2, -0.15) is 0 Å². The van der Waals surface area contributed by atoms with Gasteiger partial charge in [-0.3, -0.25) is 15.1 Å². The minimum atomic E-state index is -0.448. The van der Waals surface area contributed by atoms with Crippen LogP contribution in [-0.4, -0.2) is 28.4 Å². The number of nitrogens with one attached hydrogen (secondary N) is 3. The highest BCUT2D eigenvalue weighted by Gasteiger charge is 2.11. The average Bonchev–Trinajstić information content (AvgIpc) is 3.17. The minimum Gasteiger partial charge on any atom is -0.348 e. The van der Waals surface area contributed by atoms with Gasteiger partial charge in [0.1, 0.15) is 5.82 Å². The zero-order chi connectivity index (χ0) is 19.1. The first-order valence-electron chi connectivity index (χ1n) is 8.22. The zero-order valence-corrected chi connectivity index (χ0v) is 15.0. The quantitative estimate of drug-likeness (QED) is 0.463. The van der Waals surface area contributed by atoms with Crippen molar-refractivity contribution in [1.29, 1.82) is 0 Å².